The van der Waals surface area contributed by atoms with Gasteiger partial charge in [0.25, 0.3) is 5.91 Å². The van der Waals surface area contributed by atoms with Gasteiger partial charge in [-0.3, -0.25) is 4.79 Å². The molecule has 4 rings (SSSR count). The maximum absolute atomic E-state index is 12.8. The van der Waals surface area contributed by atoms with Crippen LogP contribution in [0.2, 0.25) is 0 Å². The molecule has 2 N–H and O–H groups in total. The third-order valence-corrected chi connectivity index (χ3v) is 4.77. The number of carbonyl (C=O) groups excluding carboxylic acids is 2. The Balaban J connectivity index is 1.39. The highest BCUT2D eigenvalue weighted by Crippen LogP contribution is 2.30. The van der Waals surface area contributed by atoms with Crippen molar-refractivity contribution in [3.8, 4) is 0 Å². The summed E-state index contributed by atoms with van der Waals surface area (Å²) in [4.78, 5) is 26.6. The summed E-state index contributed by atoms with van der Waals surface area (Å²) in [6, 6.07) is 18.6. The van der Waals surface area contributed by atoms with E-state index in [1.807, 2.05) is 53.4 Å². The van der Waals surface area contributed by atoms with Crippen molar-refractivity contribution >= 4 is 17.6 Å². The lowest BCUT2D eigenvalue weighted by Crippen LogP contribution is -2.34. The Kier molecular flexibility index (Phi) is 5.10. The molecule has 0 aliphatic carbocycles. The zero-order valence-corrected chi connectivity index (χ0v) is 15.4. The molecule has 1 aliphatic rings. The van der Waals surface area contributed by atoms with Crippen LogP contribution in [0.3, 0.4) is 0 Å². The Morgan fingerprint density at radius 1 is 0.964 bits per heavy atom. The lowest BCUT2D eigenvalue weighted by atomic mass is 10.1. The van der Waals surface area contributed by atoms with E-state index in [0.717, 1.165) is 23.2 Å². The molecule has 1 aliphatic heterocycles. The highest BCUT2D eigenvalue weighted by molar-refractivity contribution is 6.07. The Morgan fingerprint density at radius 2 is 1.79 bits per heavy atom. The van der Waals surface area contributed by atoms with E-state index >= 15 is 0 Å². The van der Waals surface area contributed by atoms with Crippen molar-refractivity contribution in [2.45, 2.75) is 19.5 Å². The molecule has 0 fully saturated rings. The van der Waals surface area contributed by atoms with Crippen LogP contribution in [0.25, 0.3) is 0 Å². The molecule has 28 heavy (non-hydrogen) atoms. The fourth-order valence-electron chi connectivity index (χ4n) is 3.31. The zero-order chi connectivity index (χ0) is 19.3. The van der Waals surface area contributed by atoms with Crippen LogP contribution >= 0.6 is 0 Å². The third-order valence-electron chi connectivity index (χ3n) is 4.77. The maximum Gasteiger partial charge on any atom is 0.315 e. The first-order valence-corrected chi connectivity index (χ1v) is 9.23. The first kappa shape index (κ1) is 17.9. The lowest BCUT2D eigenvalue weighted by molar-refractivity contribution is 0.0989. The second-order valence-electron chi connectivity index (χ2n) is 6.65. The molecule has 6 nitrogen and oxygen atoms in total. The van der Waals surface area contributed by atoms with Crippen molar-refractivity contribution in [2.75, 3.05) is 11.4 Å². The summed E-state index contributed by atoms with van der Waals surface area (Å²) in [5.74, 6) is 0.698. The number of amides is 3. The molecular weight excluding hydrogens is 354 g/mol. The van der Waals surface area contributed by atoms with Gasteiger partial charge in [0.15, 0.2) is 0 Å². The van der Waals surface area contributed by atoms with Gasteiger partial charge in [0.05, 0.1) is 12.8 Å². The minimum atomic E-state index is -0.269. The maximum atomic E-state index is 12.8. The number of carbonyl (C=O) groups is 2. The van der Waals surface area contributed by atoms with E-state index in [2.05, 4.69) is 10.6 Å². The topological polar surface area (TPSA) is 74.6 Å². The number of anilines is 1. The van der Waals surface area contributed by atoms with Crippen molar-refractivity contribution < 1.29 is 14.0 Å². The van der Waals surface area contributed by atoms with E-state index in [9.17, 15) is 9.59 Å². The van der Waals surface area contributed by atoms with E-state index < -0.39 is 0 Å². The Hall–Kier alpha value is -3.54. The van der Waals surface area contributed by atoms with E-state index in [1.54, 1.807) is 18.4 Å². The summed E-state index contributed by atoms with van der Waals surface area (Å²) in [5.41, 5.74) is 3.69. The molecule has 3 aromatic rings. The predicted octanol–water partition coefficient (Wildman–Crippen LogP) is 3.48. The molecular formula is C22H21N3O3. The minimum Gasteiger partial charge on any atom is -0.467 e. The SMILES string of the molecule is O=C(NCc1ccc2c(c1)N(C(=O)c1ccccc1)CC2)NCc1ccco1. The van der Waals surface area contributed by atoms with Crippen LogP contribution in [0.5, 0.6) is 0 Å². The molecule has 0 saturated heterocycles. The number of nitrogens with one attached hydrogen (secondary N) is 2. The molecule has 142 valence electrons. The van der Waals surface area contributed by atoms with Gasteiger partial charge in [-0.25, -0.2) is 4.79 Å². The van der Waals surface area contributed by atoms with Crippen LogP contribution < -0.4 is 15.5 Å². The van der Waals surface area contributed by atoms with Gasteiger partial charge in [0.1, 0.15) is 5.76 Å². The Bertz CT molecular complexity index is 968. The lowest BCUT2D eigenvalue weighted by Gasteiger charge is -2.18. The van der Waals surface area contributed by atoms with Crippen molar-refractivity contribution in [1.29, 1.82) is 0 Å². The summed E-state index contributed by atoms with van der Waals surface area (Å²) in [6.45, 7) is 1.39. The van der Waals surface area contributed by atoms with Crippen LogP contribution in [0.15, 0.2) is 71.3 Å². The summed E-state index contributed by atoms with van der Waals surface area (Å²) in [5, 5.41) is 5.58. The molecule has 3 amide bonds. The number of urea groups is 1. The molecule has 0 saturated carbocycles. The highest BCUT2D eigenvalue weighted by atomic mass is 16.3. The Morgan fingerprint density at radius 3 is 2.57 bits per heavy atom. The number of fused-ring (bicyclic) bond motifs is 1. The second-order valence-corrected chi connectivity index (χ2v) is 6.65. The van der Waals surface area contributed by atoms with E-state index in [0.29, 0.717) is 31.0 Å². The first-order valence-electron chi connectivity index (χ1n) is 9.23. The van der Waals surface area contributed by atoms with Crippen LogP contribution in [0, 0.1) is 0 Å². The minimum absolute atomic E-state index is 0.000602. The number of nitrogens with zero attached hydrogens (tertiary/aromatic N) is 1. The third kappa shape index (κ3) is 3.91. The van der Waals surface area contributed by atoms with Gasteiger partial charge in [-0.05, 0) is 47.9 Å². The predicted molar refractivity (Wildman–Crippen MR) is 106 cm³/mol. The average molecular weight is 375 g/mol. The zero-order valence-electron chi connectivity index (χ0n) is 15.4. The van der Waals surface area contributed by atoms with Crippen LogP contribution in [-0.4, -0.2) is 18.5 Å². The number of rotatable bonds is 5. The summed E-state index contributed by atoms with van der Waals surface area (Å²) in [7, 11) is 0. The van der Waals surface area contributed by atoms with Crippen molar-refractivity contribution in [3.05, 3.63) is 89.4 Å². The van der Waals surface area contributed by atoms with E-state index in [-0.39, 0.29) is 11.9 Å². The quantitative estimate of drug-likeness (QED) is 0.717. The molecule has 2 aromatic carbocycles. The molecule has 0 bridgehead atoms. The molecule has 0 unspecified atom stereocenters. The van der Waals surface area contributed by atoms with Gasteiger partial charge in [-0.2, -0.15) is 0 Å². The van der Waals surface area contributed by atoms with Crippen LogP contribution in [0.1, 0.15) is 27.2 Å². The molecule has 2 heterocycles. The van der Waals surface area contributed by atoms with Crippen LogP contribution in [0.4, 0.5) is 10.5 Å². The molecule has 0 radical (unpaired) electrons. The first-order chi connectivity index (χ1) is 13.7. The van der Waals surface area contributed by atoms with Gasteiger partial charge in [-0.15, -0.1) is 0 Å². The van der Waals surface area contributed by atoms with Gasteiger partial charge in [0, 0.05) is 24.3 Å². The summed E-state index contributed by atoms with van der Waals surface area (Å²) in [6.07, 6.45) is 2.41. The van der Waals surface area contributed by atoms with Crippen molar-refractivity contribution in [2.24, 2.45) is 0 Å². The highest BCUT2D eigenvalue weighted by Gasteiger charge is 2.25. The smallest absolute Gasteiger partial charge is 0.315 e. The number of benzene rings is 2. The molecule has 1 aromatic heterocycles. The number of hydrogen-bond donors (Lipinski definition) is 2. The van der Waals surface area contributed by atoms with Crippen molar-refractivity contribution in [3.63, 3.8) is 0 Å². The summed E-state index contributed by atoms with van der Waals surface area (Å²) >= 11 is 0. The van der Waals surface area contributed by atoms with Crippen molar-refractivity contribution in [1.82, 2.24) is 10.6 Å². The fraction of sp³-hybridized carbons (Fsp3) is 0.182. The normalized spacial score (nSPS) is 12.5. The van der Waals surface area contributed by atoms with E-state index in [4.69, 9.17) is 4.42 Å². The standard InChI is InChI=1S/C22H21N3O3/c26-21(18-5-2-1-3-6-18)25-11-10-17-9-8-16(13-20(17)25)14-23-22(27)24-15-19-7-4-12-28-19/h1-9,12-13H,10-11,14-15H2,(H2,23,24,27). The largest absolute Gasteiger partial charge is 0.467 e. The number of hydrogen-bond acceptors (Lipinski definition) is 3. The summed E-state index contributed by atoms with van der Waals surface area (Å²) < 4.78 is 5.19. The molecule has 0 atom stereocenters. The van der Waals surface area contributed by atoms with E-state index in [1.165, 1.54) is 0 Å². The second kappa shape index (κ2) is 8.00. The van der Waals surface area contributed by atoms with Gasteiger partial charge in [-0.1, -0.05) is 30.3 Å². The molecule has 6 heteroatoms. The average Bonchev–Trinajstić information content (AvgIpc) is 3.40. The van der Waals surface area contributed by atoms with Crippen LogP contribution in [-0.2, 0) is 19.5 Å². The monoisotopic (exact) mass is 375 g/mol. The molecule has 0 spiro atoms. The Labute approximate surface area is 163 Å². The van der Waals surface area contributed by atoms with Gasteiger partial charge in [0.2, 0.25) is 0 Å². The van der Waals surface area contributed by atoms with Gasteiger partial charge >= 0.3 is 6.03 Å². The number of furan rings is 1. The van der Waals surface area contributed by atoms with Gasteiger partial charge < -0.3 is 20.0 Å². The fourth-order valence-corrected chi connectivity index (χ4v) is 3.31.